The molecule has 8 heteroatoms. The fraction of sp³-hybridized carbons (Fsp3) is 0.227. The van der Waals surface area contributed by atoms with E-state index in [1.807, 2.05) is 18.2 Å². The van der Waals surface area contributed by atoms with Crippen LogP contribution in [0.4, 0.5) is 5.69 Å². The number of sulfonamides is 1. The smallest absolute Gasteiger partial charge is 0.265 e. The van der Waals surface area contributed by atoms with E-state index in [1.54, 1.807) is 6.07 Å². The van der Waals surface area contributed by atoms with Crippen molar-refractivity contribution in [3.8, 4) is 16.2 Å². The molecule has 0 saturated carbocycles. The molecule has 0 spiro atoms. The maximum atomic E-state index is 13.0. The fourth-order valence-corrected chi connectivity index (χ4v) is 5.62. The third kappa shape index (κ3) is 3.62. The Morgan fingerprint density at radius 2 is 1.80 bits per heavy atom. The van der Waals surface area contributed by atoms with Crippen LogP contribution in [0.2, 0.25) is 0 Å². The summed E-state index contributed by atoms with van der Waals surface area (Å²) in [7, 11) is 0.775. The van der Waals surface area contributed by atoms with Gasteiger partial charge in [0.1, 0.15) is 5.75 Å². The van der Waals surface area contributed by atoms with Gasteiger partial charge >= 0.3 is 0 Å². The number of methoxy groups -OCH3 is 1. The van der Waals surface area contributed by atoms with Crippen molar-refractivity contribution in [3.63, 3.8) is 0 Å². The number of ether oxygens (including phenoxy) is 1. The van der Waals surface area contributed by atoms with Gasteiger partial charge in [0.2, 0.25) is 10.0 Å². The Kier molecular flexibility index (Phi) is 5.40. The van der Waals surface area contributed by atoms with Crippen LogP contribution in [0.3, 0.4) is 0 Å². The van der Waals surface area contributed by atoms with E-state index >= 15 is 0 Å². The van der Waals surface area contributed by atoms with E-state index in [9.17, 15) is 13.2 Å². The van der Waals surface area contributed by atoms with Gasteiger partial charge in [0.15, 0.2) is 0 Å². The summed E-state index contributed by atoms with van der Waals surface area (Å²) in [6, 6.07) is 14.6. The fourth-order valence-electron chi connectivity index (χ4n) is 3.52. The largest absolute Gasteiger partial charge is 0.495 e. The van der Waals surface area contributed by atoms with Crippen LogP contribution in [0.15, 0.2) is 53.4 Å². The van der Waals surface area contributed by atoms with Gasteiger partial charge in [-0.2, -0.15) is 0 Å². The van der Waals surface area contributed by atoms with Crippen molar-refractivity contribution in [3.05, 3.63) is 64.5 Å². The summed E-state index contributed by atoms with van der Waals surface area (Å²) in [5, 5.41) is 2.83. The molecule has 1 N–H and O–H groups in total. The second-order valence-corrected chi connectivity index (χ2v) is 10.4. The van der Waals surface area contributed by atoms with E-state index in [1.165, 1.54) is 61.4 Å². The van der Waals surface area contributed by atoms with Gasteiger partial charge in [0.25, 0.3) is 5.91 Å². The lowest BCUT2D eigenvalue weighted by molar-refractivity contribution is 0.103. The van der Waals surface area contributed by atoms with Crippen LogP contribution in [-0.4, -0.2) is 39.8 Å². The Balaban J connectivity index is 1.66. The van der Waals surface area contributed by atoms with Crippen molar-refractivity contribution in [2.75, 3.05) is 26.5 Å². The Morgan fingerprint density at radius 3 is 2.53 bits per heavy atom. The first kappa shape index (κ1) is 20.6. The number of carbonyl (C=O) groups excluding carboxylic acids is 1. The molecule has 0 saturated heterocycles. The molecule has 1 heterocycles. The summed E-state index contributed by atoms with van der Waals surface area (Å²) in [6.45, 7) is 0. The van der Waals surface area contributed by atoms with Crippen molar-refractivity contribution in [2.45, 2.75) is 17.7 Å². The highest BCUT2D eigenvalue weighted by Gasteiger charge is 2.23. The number of carbonyl (C=O) groups is 1. The molecule has 30 heavy (non-hydrogen) atoms. The summed E-state index contributed by atoms with van der Waals surface area (Å²) in [5.41, 5.74) is 3.96. The maximum absolute atomic E-state index is 13.0. The molecule has 0 radical (unpaired) electrons. The van der Waals surface area contributed by atoms with Gasteiger partial charge < -0.3 is 10.1 Å². The van der Waals surface area contributed by atoms with Gasteiger partial charge in [-0.05, 0) is 53.8 Å². The van der Waals surface area contributed by atoms with Crippen molar-refractivity contribution in [1.29, 1.82) is 0 Å². The summed E-state index contributed by atoms with van der Waals surface area (Å²) in [4.78, 5) is 14.8. The molecule has 1 aromatic heterocycles. The summed E-state index contributed by atoms with van der Waals surface area (Å²) < 4.78 is 31.4. The van der Waals surface area contributed by atoms with Crippen LogP contribution >= 0.6 is 11.3 Å². The average Bonchev–Trinajstić information content (AvgIpc) is 3.18. The molecule has 3 aromatic rings. The number of thiophene rings is 1. The van der Waals surface area contributed by atoms with E-state index in [0.717, 1.165) is 22.0 Å². The first-order chi connectivity index (χ1) is 14.3. The lowest BCUT2D eigenvalue weighted by Crippen LogP contribution is -2.22. The second kappa shape index (κ2) is 7.86. The van der Waals surface area contributed by atoms with Crippen LogP contribution in [0, 0.1) is 0 Å². The first-order valence-electron chi connectivity index (χ1n) is 9.44. The van der Waals surface area contributed by atoms with Crippen LogP contribution in [0.1, 0.15) is 20.8 Å². The number of benzene rings is 2. The number of nitrogens with one attached hydrogen (secondary N) is 1. The Hall–Kier alpha value is -2.68. The van der Waals surface area contributed by atoms with Gasteiger partial charge in [-0.25, -0.2) is 12.7 Å². The zero-order chi connectivity index (χ0) is 21.5. The molecular formula is C22H22N2O4S2. The normalized spacial score (nSPS) is 12.9. The van der Waals surface area contributed by atoms with E-state index in [2.05, 4.69) is 17.4 Å². The predicted octanol–water partition coefficient (Wildman–Crippen LogP) is 4.02. The number of rotatable bonds is 5. The van der Waals surface area contributed by atoms with E-state index < -0.39 is 10.0 Å². The van der Waals surface area contributed by atoms with Gasteiger partial charge in [0, 0.05) is 19.0 Å². The molecule has 0 atom stereocenters. The second-order valence-electron chi connectivity index (χ2n) is 7.23. The highest BCUT2D eigenvalue weighted by molar-refractivity contribution is 7.89. The number of hydrogen-bond donors (Lipinski definition) is 1. The number of hydrogen-bond acceptors (Lipinski definition) is 5. The SMILES string of the molecule is COc1ccc(S(=O)(=O)N(C)C)cc1NC(=O)c1cc2c(s1)-c1ccccc1CC2. The third-order valence-electron chi connectivity index (χ3n) is 5.16. The minimum atomic E-state index is -3.63. The van der Waals surface area contributed by atoms with Crippen molar-refractivity contribution >= 4 is 33.0 Å². The molecule has 0 bridgehead atoms. The van der Waals surface area contributed by atoms with Gasteiger partial charge in [-0.3, -0.25) is 4.79 Å². The van der Waals surface area contributed by atoms with Gasteiger partial charge in [-0.15, -0.1) is 11.3 Å². The Morgan fingerprint density at radius 1 is 1.07 bits per heavy atom. The lowest BCUT2D eigenvalue weighted by Gasteiger charge is -2.15. The summed E-state index contributed by atoms with van der Waals surface area (Å²) in [6.07, 6.45) is 1.86. The van der Waals surface area contributed by atoms with E-state index in [4.69, 9.17) is 4.74 Å². The topological polar surface area (TPSA) is 75.7 Å². The van der Waals surface area contributed by atoms with Crippen LogP contribution in [0.25, 0.3) is 10.4 Å². The van der Waals surface area contributed by atoms with Crippen molar-refractivity contribution in [1.82, 2.24) is 4.31 Å². The number of fused-ring (bicyclic) bond motifs is 3. The maximum Gasteiger partial charge on any atom is 0.265 e. The minimum Gasteiger partial charge on any atom is -0.495 e. The highest BCUT2D eigenvalue weighted by atomic mass is 32.2. The van der Waals surface area contributed by atoms with E-state index in [-0.39, 0.29) is 10.8 Å². The molecule has 2 aromatic carbocycles. The van der Waals surface area contributed by atoms with Gasteiger partial charge in [-0.1, -0.05) is 24.3 Å². The molecule has 1 aliphatic carbocycles. The molecule has 0 fully saturated rings. The standard InChI is InChI=1S/C22H22N2O4S2/c1-24(2)30(26,27)16-10-11-19(28-3)18(13-16)23-22(25)20-12-15-9-8-14-6-4-5-7-17(14)21(15)29-20/h4-7,10-13H,8-9H2,1-3H3,(H,23,25). The number of aryl methyl sites for hydroxylation is 2. The zero-order valence-corrected chi connectivity index (χ0v) is 18.6. The molecule has 156 valence electrons. The third-order valence-corrected chi connectivity index (χ3v) is 8.18. The number of nitrogens with zero attached hydrogens (tertiary/aromatic N) is 1. The minimum absolute atomic E-state index is 0.0861. The lowest BCUT2D eigenvalue weighted by atomic mass is 9.91. The zero-order valence-electron chi connectivity index (χ0n) is 16.9. The predicted molar refractivity (Wildman–Crippen MR) is 119 cm³/mol. The van der Waals surface area contributed by atoms with Crippen LogP contribution < -0.4 is 10.1 Å². The van der Waals surface area contributed by atoms with Crippen molar-refractivity contribution < 1.29 is 17.9 Å². The Labute approximate surface area is 180 Å². The van der Waals surface area contributed by atoms with Crippen LogP contribution in [0.5, 0.6) is 5.75 Å². The number of amides is 1. The molecule has 1 aliphatic rings. The van der Waals surface area contributed by atoms with Crippen LogP contribution in [-0.2, 0) is 22.9 Å². The van der Waals surface area contributed by atoms with Crippen molar-refractivity contribution in [2.24, 2.45) is 0 Å². The molecule has 0 unspecified atom stereocenters. The summed E-state index contributed by atoms with van der Waals surface area (Å²) in [5.74, 6) is 0.109. The van der Waals surface area contributed by atoms with Gasteiger partial charge in [0.05, 0.1) is 22.6 Å². The highest BCUT2D eigenvalue weighted by Crippen LogP contribution is 2.40. The molecule has 6 nitrogen and oxygen atoms in total. The molecule has 0 aliphatic heterocycles. The molecule has 1 amide bonds. The molecule has 4 rings (SSSR count). The monoisotopic (exact) mass is 442 g/mol. The average molecular weight is 443 g/mol. The summed E-state index contributed by atoms with van der Waals surface area (Å²) >= 11 is 1.45. The van der Waals surface area contributed by atoms with E-state index in [0.29, 0.717) is 16.3 Å². The first-order valence-corrected chi connectivity index (χ1v) is 11.7. The Bertz CT molecular complexity index is 1230. The number of anilines is 1. The quantitative estimate of drug-likeness (QED) is 0.647. The molecular weight excluding hydrogens is 420 g/mol.